The first-order valence-electron chi connectivity index (χ1n) is 7.91. The lowest BCUT2D eigenvalue weighted by atomic mass is 9.70. The number of halogens is 1. The van der Waals surface area contributed by atoms with E-state index in [-0.39, 0.29) is 0 Å². The molecule has 3 unspecified atom stereocenters. The van der Waals surface area contributed by atoms with Crippen LogP contribution in [0.1, 0.15) is 65.0 Å². The topological polar surface area (TPSA) is 12.0 Å². The molecule has 1 aromatic rings. The van der Waals surface area contributed by atoms with Crippen LogP contribution in [0.2, 0.25) is 5.02 Å². The van der Waals surface area contributed by atoms with Gasteiger partial charge in [-0.25, -0.2) is 0 Å². The molecule has 0 radical (unpaired) electrons. The summed E-state index contributed by atoms with van der Waals surface area (Å²) in [7, 11) is 0. The number of benzene rings is 1. The Morgan fingerprint density at radius 3 is 2.45 bits per heavy atom. The highest BCUT2D eigenvalue weighted by Gasteiger charge is 2.32. The molecule has 0 bridgehead atoms. The fraction of sp³-hybridized carbons (Fsp3) is 0.667. The fourth-order valence-electron chi connectivity index (χ4n) is 3.90. The Balaban J connectivity index is 2.04. The minimum absolute atomic E-state index is 0.443. The van der Waals surface area contributed by atoms with Crippen molar-refractivity contribution in [3.8, 4) is 0 Å². The van der Waals surface area contributed by atoms with Crippen molar-refractivity contribution < 1.29 is 0 Å². The van der Waals surface area contributed by atoms with E-state index in [0.29, 0.717) is 17.5 Å². The van der Waals surface area contributed by atoms with Crippen molar-refractivity contribution in [1.29, 1.82) is 0 Å². The molecular formula is C18H28ClN. The van der Waals surface area contributed by atoms with E-state index in [2.05, 4.69) is 45.1 Å². The van der Waals surface area contributed by atoms with Gasteiger partial charge < -0.3 is 5.32 Å². The average Bonchev–Trinajstić information content (AvgIpc) is 2.34. The van der Waals surface area contributed by atoms with E-state index in [4.69, 9.17) is 11.6 Å². The second kappa shape index (κ2) is 6.49. The van der Waals surface area contributed by atoms with Gasteiger partial charge in [-0.1, -0.05) is 51.4 Å². The largest absolute Gasteiger partial charge is 0.307 e. The first-order valence-corrected chi connectivity index (χ1v) is 8.29. The first-order chi connectivity index (χ1) is 9.39. The minimum atomic E-state index is 0.443. The van der Waals surface area contributed by atoms with E-state index in [0.717, 1.165) is 17.4 Å². The molecule has 3 atom stereocenters. The van der Waals surface area contributed by atoms with Crippen LogP contribution in [0.15, 0.2) is 24.3 Å². The summed E-state index contributed by atoms with van der Waals surface area (Å²) in [4.78, 5) is 0. The lowest BCUT2D eigenvalue weighted by Crippen LogP contribution is -2.41. The smallest absolute Gasteiger partial charge is 0.0406 e. The summed E-state index contributed by atoms with van der Waals surface area (Å²) in [6.07, 6.45) is 5.05. The van der Waals surface area contributed by atoms with E-state index < -0.39 is 0 Å². The molecule has 0 aliphatic heterocycles. The molecule has 1 aliphatic rings. The van der Waals surface area contributed by atoms with E-state index >= 15 is 0 Å². The minimum Gasteiger partial charge on any atom is -0.307 e. The molecule has 0 amide bonds. The standard InChI is InChI=1S/C18H28ClN/c1-5-17(14-6-8-15(19)9-7-14)20-16-10-13(2)11-18(3,4)12-16/h6-9,13,16-17,20H,5,10-12H2,1-4H3. The predicted molar refractivity (Wildman–Crippen MR) is 88.2 cm³/mol. The zero-order chi connectivity index (χ0) is 14.8. The van der Waals surface area contributed by atoms with Crippen LogP contribution in [0.4, 0.5) is 0 Å². The molecule has 1 N–H and O–H groups in total. The molecule has 1 fully saturated rings. The van der Waals surface area contributed by atoms with Crippen LogP contribution in [0.25, 0.3) is 0 Å². The Morgan fingerprint density at radius 2 is 1.90 bits per heavy atom. The Hall–Kier alpha value is -0.530. The molecule has 0 aromatic heterocycles. The van der Waals surface area contributed by atoms with E-state index in [1.165, 1.54) is 24.8 Å². The Morgan fingerprint density at radius 1 is 1.25 bits per heavy atom. The monoisotopic (exact) mass is 293 g/mol. The molecule has 1 saturated carbocycles. The van der Waals surface area contributed by atoms with E-state index in [9.17, 15) is 0 Å². The van der Waals surface area contributed by atoms with Gasteiger partial charge in [0.2, 0.25) is 0 Å². The number of hydrogen-bond acceptors (Lipinski definition) is 1. The van der Waals surface area contributed by atoms with Crippen LogP contribution in [0.5, 0.6) is 0 Å². The normalized spacial score (nSPS) is 27.2. The van der Waals surface area contributed by atoms with Gasteiger partial charge in [0.1, 0.15) is 0 Å². The van der Waals surface area contributed by atoms with E-state index in [1.54, 1.807) is 0 Å². The average molecular weight is 294 g/mol. The van der Waals surface area contributed by atoms with Gasteiger partial charge in [0.15, 0.2) is 0 Å². The first kappa shape index (κ1) is 15.9. The maximum atomic E-state index is 5.99. The summed E-state index contributed by atoms with van der Waals surface area (Å²) in [6.45, 7) is 9.45. The molecule has 1 aromatic carbocycles. The third-order valence-corrected chi connectivity index (χ3v) is 4.76. The van der Waals surface area contributed by atoms with Crippen molar-refractivity contribution in [3.05, 3.63) is 34.9 Å². The summed E-state index contributed by atoms with van der Waals surface area (Å²) in [5.41, 5.74) is 1.82. The van der Waals surface area contributed by atoms with Gasteiger partial charge in [-0.3, -0.25) is 0 Å². The Kier molecular flexibility index (Phi) is 5.14. The molecular weight excluding hydrogens is 266 g/mol. The molecule has 2 heteroatoms. The quantitative estimate of drug-likeness (QED) is 0.762. The summed E-state index contributed by atoms with van der Waals surface area (Å²) in [5.74, 6) is 0.818. The highest BCUT2D eigenvalue weighted by molar-refractivity contribution is 6.30. The molecule has 0 heterocycles. The Labute approximate surface area is 129 Å². The van der Waals surface area contributed by atoms with Crippen LogP contribution in [0.3, 0.4) is 0 Å². The van der Waals surface area contributed by atoms with Crippen molar-refractivity contribution >= 4 is 11.6 Å². The van der Waals surface area contributed by atoms with Crippen LogP contribution in [0, 0.1) is 11.3 Å². The molecule has 0 saturated heterocycles. The predicted octanol–water partition coefficient (Wildman–Crippen LogP) is 5.60. The molecule has 2 rings (SSSR count). The summed E-state index contributed by atoms with van der Waals surface area (Å²) in [6, 6.07) is 9.37. The van der Waals surface area contributed by atoms with Crippen molar-refractivity contribution in [2.24, 2.45) is 11.3 Å². The highest BCUT2D eigenvalue weighted by atomic mass is 35.5. The lowest BCUT2D eigenvalue weighted by Gasteiger charge is -2.40. The fourth-order valence-corrected chi connectivity index (χ4v) is 4.03. The van der Waals surface area contributed by atoms with E-state index in [1.807, 2.05) is 12.1 Å². The number of rotatable bonds is 4. The SMILES string of the molecule is CCC(NC1CC(C)CC(C)(C)C1)c1ccc(Cl)cc1. The second-order valence-electron chi connectivity index (χ2n) is 7.29. The maximum Gasteiger partial charge on any atom is 0.0406 e. The van der Waals surface area contributed by atoms with Crippen molar-refractivity contribution in [1.82, 2.24) is 5.32 Å². The van der Waals surface area contributed by atoms with Gasteiger partial charge in [-0.15, -0.1) is 0 Å². The highest BCUT2D eigenvalue weighted by Crippen LogP contribution is 2.39. The third kappa shape index (κ3) is 4.23. The number of nitrogens with one attached hydrogen (secondary N) is 1. The maximum absolute atomic E-state index is 5.99. The third-order valence-electron chi connectivity index (χ3n) is 4.50. The number of hydrogen-bond donors (Lipinski definition) is 1. The van der Waals surface area contributed by atoms with Gasteiger partial charge in [0.05, 0.1) is 0 Å². The van der Waals surface area contributed by atoms with Gasteiger partial charge >= 0.3 is 0 Å². The molecule has 1 aliphatic carbocycles. The summed E-state index contributed by atoms with van der Waals surface area (Å²) in [5, 5.41) is 4.70. The van der Waals surface area contributed by atoms with Crippen molar-refractivity contribution in [3.63, 3.8) is 0 Å². The summed E-state index contributed by atoms with van der Waals surface area (Å²) < 4.78 is 0. The molecule has 1 nitrogen and oxygen atoms in total. The summed E-state index contributed by atoms with van der Waals surface area (Å²) >= 11 is 5.99. The lowest BCUT2D eigenvalue weighted by molar-refractivity contribution is 0.143. The van der Waals surface area contributed by atoms with Crippen molar-refractivity contribution in [2.75, 3.05) is 0 Å². The van der Waals surface area contributed by atoms with Crippen LogP contribution < -0.4 is 5.32 Å². The van der Waals surface area contributed by atoms with Crippen LogP contribution in [-0.2, 0) is 0 Å². The van der Waals surface area contributed by atoms with Crippen LogP contribution >= 0.6 is 11.6 Å². The van der Waals surface area contributed by atoms with Crippen molar-refractivity contribution in [2.45, 2.75) is 65.5 Å². The second-order valence-corrected chi connectivity index (χ2v) is 7.73. The van der Waals surface area contributed by atoms with Gasteiger partial charge in [0, 0.05) is 17.1 Å². The molecule has 112 valence electrons. The zero-order valence-corrected chi connectivity index (χ0v) is 14.0. The van der Waals surface area contributed by atoms with Crippen LogP contribution in [-0.4, -0.2) is 6.04 Å². The van der Waals surface area contributed by atoms with Gasteiger partial charge in [-0.05, 0) is 54.7 Å². The van der Waals surface area contributed by atoms with Gasteiger partial charge in [0.25, 0.3) is 0 Å². The zero-order valence-electron chi connectivity index (χ0n) is 13.2. The van der Waals surface area contributed by atoms with Gasteiger partial charge in [-0.2, -0.15) is 0 Å². The molecule has 0 spiro atoms. The Bertz CT molecular complexity index is 424. The molecule has 20 heavy (non-hydrogen) atoms.